The monoisotopic (exact) mass is 342 g/mol. The molecule has 0 aliphatic rings. The number of halogens is 1. The topological polar surface area (TPSA) is 67.8 Å². The second-order valence-corrected chi connectivity index (χ2v) is 5.76. The largest absolute Gasteiger partial charge is 0.490 e. The summed E-state index contributed by atoms with van der Waals surface area (Å²) in [5.74, 6) is 0.868. The molecule has 0 radical (unpaired) electrons. The molecule has 3 N–H and O–H groups in total. The molecule has 5 heteroatoms. The highest BCUT2D eigenvalue weighted by Crippen LogP contribution is 2.27. The molecule has 0 spiro atoms. The molecular weight excluding hydrogens is 320 g/mol. The highest BCUT2D eigenvalue weighted by molar-refractivity contribution is 9.10. The van der Waals surface area contributed by atoms with E-state index >= 15 is 0 Å². The summed E-state index contributed by atoms with van der Waals surface area (Å²) in [5.41, 5.74) is 6.20. The highest BCUT2D eigenvalue weighted by Gasteiger charge is 2.09. The minimum Gasteiger partial charge on any atom is -0.490 e. The van der Waals surface area contributed by atoms with Crippen LogP contribution in [0.4, 0.5) is 0 Å². The maximum absolute atomic E-state index is 8.65. The van der Waals surface area contributed by atoms with Crippen LogP contribution < -0.4 is 10.5 Å². The van der Waals surface area contributed by atoms with Gasteiger partial charge < -0.3 is 15.7 Å². The molecule has 0 amide bonds. The summed E-state index contributed by atoms with van der Waals surface area (Å²) >= 11 is 3.45. The summed E-state index contributed by atoms with van der Waals surface area (Å²) in [6.45, 7) is 4.29. The number of nitrogens with zero attached hydrogens (tertiary/aromatic N) is 1. The van der Waals surface area contributed by atoms with E-state index in [1.165, 1.54) is 25.7 Å². The minimum absolute atomic E-state index is 0.0878. The van der Waals surface area contributed by atoms with Gasteiger partial charge in [0, 0.05) is 5.56 Å². The van der Waals surface area contributed by atoms with Crippen LogP contribution in [0.15, 0.2) is 27.8 Å². The van der Waals surface area contributed by atoms with E-state index in [1.807, 2.05) is 6.07 Å². The lowest BCUT2D eigenvalue weighted by Gasteiger charge is -2.16. The van der Waals surface area contributed by atoms with Gasteiger partial charge >= 0.3 is 0 Å². The van der Waals surface area contributed by atoms with E-state index < -0.39 is 0 Å². The number of rotatable bonds is 8. The molecule has 1 unspecified atom stereocenters. The highest BCUT2D eigenvalue weighted by atomic mass is 79.9. The van der Waals surface area contributed by atoms with Crippen LogP contribution in [0, 0.1) is 0 Å². The third-order valence-corrected chi connectivity index (χ3v) is 3.75. The maximum Gasteiger partial charge on any atom is 0.170 e. The van der Waals surface area contributed by atoms with Crippen molar-refractivity contribution in [2.45, 2.75) is 52.1 Å². The number of amidine groups is 1. The third kappa shape index (κ3) is 5.41. The summed E-state index contributed by atoms with van der Waals surface area (Å²) in [5, 5.41) is 11.6. The van der Waals surface area contributed by atoms with Gasteiger partial charge in [-0.1, -0.05) is 31.3 Å². The van der Waals surface area contributed by atoms with Gasteiger partial charge in [0.2, 0.25) is 0 Å². The van der Waals surface area contributed by atoms with E-state index in [2.05, 4.69) is 34.9 Å². The van der Waals surface area contributed by atoms with Gasteiger partial charge in [0.15, 0.2) is 5.84 Å². The first-order valence-electron chi connectivity index (χ1n) is 7.02. The van der Waals surface area contributed by atoms with Crippen molar-refractivity contribution < 1.29 is 9.94 Å². The molecule has 1 aromatic rings. The lowest BCUT2D eigenvalue weighted by molar-refractivity contribution is 0.205. The van der Waals surface area contributed by atoms with Crippen molar-refractivity contribution >= 4 is 21.8 Å². The summed E-state index contributed by atoms with van der Waals surface area (Å²) in [6.07, 6.45) is 6.20. The summed E-state index contributed by atoms with van der Waals surface area (Å²) in [7, 11) is 0. The summed E-state index contributed by atoms with van der Waals surface area (Å²) in [4.78, 5) is 0. The Hall–Kier alpha value is -1.23. The first kappa shape index (κ1) is 16.8. The Morgan fingerprint density at radius 3 is 2.75 bits per heavy atom. The van der Waals surface area contributed by atoms with Gasteiger partial charge in [-0.25, -0.2) is 0 Å². The van der Waals surface area contributed by atoms with Crippen molar-refractivity contribution in [2.75, 3.05) is 0 Å². The van der Waals surface area contributed by atoms with Crippen molar-refractivity contribution in [1.29, 1.82) is 0 Å². The standard InChI is InChI=1S/C15H23BrN2O2/c1-3-4-5-6-7-11(2)20-14-9-8-12(10-13(14)16)15(17)18-19/h8-11,19H,3-7H2,1-2H3,(H2,17,18). The second kappa shape index (κ2) is 8.84. The molecule has 1 rings (SSSR count). The molecule has 0 saturated carbocycles. The van der Waals surface area contributed by atoms with Crippen LogP contribution >= 0.6 is 15.9 Å². The van der Waals surface area contributed by atoms with Crippen LogP contribution in [0.2, 0.25) is 0 Å². The maximum atomic E-state index is 8.65. The molecule has 4 nitrogen and oxygen atoms in total. The number of hydrogen-bond acceptors (Lipinski definition) is 3. The fraction of sp³-hybridized carbons (Fsp3) is 0.533. The number of hydrogen-bond donors (Lipinski definition) is 2. The van der Waals surface area contributed by atoms with E-state index in [-0.39, 0.29) is 11.9 Å². The zero-order chi connectivity index (χ0) is 15.0. The normalized spacial score (nSPS) is 13.2. The van der Waals surface area contributed by atoms with Gasteiger partial charge in [-0.15, -0.1) is 0 Å². The molecule has 0 heterocycles. The van der Waals surface area contributed by atoms with Gasteiger partial charge in [-0.2, -0.15) is 0 Å². The van der Waals surface area contributed by atoms with Gasteiger partial charge in [0.1, 0.15) is 5.75 Å². The number of benzene rings is 1. The second-order valence-electron chi connectivity index (χ2n) is 4.91. The first-order valence-corrected chi connectivity index (χ1v) is 7.81. The van der Waals surface area contributed by atoms with Crippen LogP contribution in [0.5, 0.6) is 5.75 Å². The molecule has 0 fully saturated rings. The summed E-state index contributed by atoms with van der Waals surface area (Å²) in [6, 6.07) is 5.40. The Balaban J connectivity index is 2.55. The Morgan fingerprint density at radius 1 is 1.40 bits per heavy atom. The molecule has 0 bridgehead atoms. The Bertz CT molecular complexity index is 449. The third-order valence-electron chi connectivity index (χ3n) is 3.13. The molecule has 1 atom stereocenters. The molecule has 0 aliphatic heterocycles. The minimum atomic E-state index is 0.0878. The number of ether oxygens (including phenoxy) is 1. The molecule has 112 valence electrons. The predicted octanol–water partition coefficient (Wildman–Crippen LogP) is 4.28. The lowest BCUT2D eigenvalue weighted by atomic mass is 10.1. The average Bonchev–Trinajstić information content (AvgIpc) is 2.45. The number of unbranched alkanes of at least 4 members (excludes halogenated alkanes) is 3. The quantitative estimate of drug-likeness (QED) is 0.243. The number of oxime groups is 1. The van der Waals surface area contributed by atoms with Crippen molar-refractivity contribution in [1.82, 2.24) is 0 Å². The lowest BCUT2D eigenvalue weighted by Crippen LogP contribution is -2.14. The van der Waals surface area contributed by atoms with E-state index in [0.29, 0.717) is 5.56 Å². The van der Waals surface area contributed by atoms with Gasteiger partial charge in [0.05, 0.1) is 10.6 Å². The molecule has 20 heavy (non-hydrogen) atoms. The molecule has 0 aliphatic carbocycles. The van der Waals surface area contributed by atoms with Gasteiger partial charge in [0.25, 0.3) is 0 Å². The Kier molecular flexibility index (Phi) is 7.44. The average molecular weight is 343 g/mol. The van der Waals surface area contributed by atoms with Crippen LogP contribution in [0.3, 0.4) is 0 Å². The SMILES string of the molecule is CCCCCCC(C)Oc1ccc(/C(N)=N/O)cc1Br. The predicted molar refractivity (Wildman–Crippen MR) is 85.5 cm³/mol. The van der Waals surface area contributed by atoms with E-state index in [1.54, 1.807) is 12.1 Å². The smallest absolute Gasteiger partial charge is 0.170 e. The number of nitrogens with two attached hydrogens (primary N) is 1. The van der Waals surface area contributed by atoms with E-state index in [4.69, 9.17) is 15.7 Å². The Labute approximate surface area is 129 Å². The fourth-order valence-corrected chi connectivity index (χ4v) is 2.42. The molecular formula is C15H23BrN2O2. The van der Waals surface area contributed by atoms with Crippen LogP contribution in [0.25, 0.3) is 0 Å². The van der Waals surface area contributed by atoms with Crippen molar-refractivity contribution in [2.24, 2.45) is 10.9 Å². The van der Waals surface area contributed by atoms with Gasteiger partial charge in [-0.05, 0) is 53.9 Å². The molecule has 0 saturated heterocycles. The van der Waals surface area contributed by atoms with Crippen LogP contribution in [-0.4, -0.2) is 17.1 Å². The first-order chi connectivity index (χ1) is 9.58. The van der Waals surface area contributed by atoms with Crippen LogP contribution in [-0.2, 0) is 0 Å². The zero-order valence-corrected chi connectivity index (χ0v) is 13.7. The fourth-order valence-electron chi connectivity index (χ4n) is 1.95. The summed E-state index contributed by atoms with van der Waals surface area (Å²) < 4.78 is 6.71. The van der Waals surface area contributed by atoms with Crippen molar-refractivity contribution in [3.63, 3.8) is 0 Å². The zero-order valence-electron chi connectivity index (χ0n) is 12.1. The van der Waals surface area contributed by atoms with Crippen LogP contribution in [0.1, 0.15) is 51.5 Å². The Morgan fingerprint density at radius 2 is 2.15 bits per heavy atom. The van der Waals surface area contributed by atoms with Crippen molar-refractivity contribution in [3.8, 4) is 5.75 Å². The molecule has 1 aromatic carbocycles. The van der Waals surface area contributed by atoms with E-state index in [0.717, 1.165) is 16.6 Å². The van der Waals surface area contributed by atoms with Gasteiger partial charge in [-0.3, -0.25) is 0 Å². The van der Waals surface area contributed by atoms with Crippen molar-refractivity contribution in [3.05, 3.63) is 28.2 Å². The molecule has 0 aromatic heterocycles. The van der Waals surface area contributed by atoms with E-state index in [9.17, 15) is 0 Å².